The van der Waals surface area contributed by atoms with E-state index in [1.807, 2.05) is 97.1 Å². The van der Waals surface area contributed by atoms with Gasteiger partial charge in [-0.15, -0.1) is 0 Å². The maximum absolute atomic E-state index is 13.6. The molecule has 0 bridgehead atoms. The molecule has 2 unspecified atom stereocenters. The van der Waals surface area contributed by atoms with Crippen LogP contribution < -0.4 is 39.1 Å². The van der Waals surface area contributed by atoms with Gasteiger partial charge in [-0.05, 0) is 206 Å². The first-order valence-electron chi connectivity index (χ1n) is 36.0. The van der Waals surface area contributed by atoms with E-state index in [-0.39, 0.29) is 24.0 Å². The van der Waals surface area contributed by atoms with Crippen molar-refractivity contribution in [2.24, 2.45) is 0 Å². The van der Waals surface area contributed by atoms with Gasteiger partial charge < -0.3 is 48.5 Å². The minimum absolute atomic E-state index is 0.135. The number of unbranched alkanes of at least 4 members (excludes halogenated alkanes) is 3. The molecule has 0 aromatic heterocycles. The standard InChI is InChI=1S/C86H96N2O14/c1-61(89)99-75-43-27-65(28-44-75)83(3,67-31-47-77(48-32-67)101-79(91)63-19-23-69(24-20-63)85(53-11-9-12-54-85)71-35-39-73(95-5)40-36-71)51-17-59-97-81(93)87-57-15-7-8-16-58-88-82(94)98-60-18-52-84(4,66-29-45-76(46-30-66)100-62(2)90)68-33-49-78(50-34-68)102-80(92)64-21-25-70(26-22-64)86(55-13-10-14-56-86)72-37-41-74(96-6)42-38-72/h19-50H,7-18,51-60H2,1-6H3,(H,87,93)(H,88,94). The molecule has 2 saturated carbocycles. The van der Waals surface area contributed by atoms with Gasteiger partial charge in [0.1, 0.15) is 34.5 Å². The molecule has 16 nitrogen and oxygen atoms in total. The topological polar surface area (TPSA) is 200 Å². The fourth-order valence-electron chi connectivity index (χ4n) is 14.9. The van der Waals surface area contributed by atoms with Crippen molar-refractivity contribution in [3.8, 4) is 34.5 Å². The third-order valence-corrected chi connectivity index (χ3v) is 20.7. The van der Waals surface area contributed by atoms with Crippen molar-refractivity contribution in [3.63, 3.8) is 0 Å². The van der Waals surface area contributed by atoms with Crippen molar-refractivity contribution in [1.82, 2.24) is 10.6 Å². The van der Waals surface area contributed by atoms with E-state index in [0.717, 1.165) is 111 Å². The molecule has 0 saturated heterocycles. The summed E-state index contributed by atoms with van der Waals surface area (Å²) in [4.78, 5) is 76.4. The number of rotatable bonds is 31. The summed E-state index contributed by atoms with van der Waals surface area (Å²) >= 11 is 0. The number of amides is 2. The largest absolute Gasteiger partial charge is 0.497 e. The lowest BCUT2D eigenvalue weighted by molar-refractivity contribution is -0.132. The molecule has 16 heteroatoms. The summed E-state index contributed by atoms with van der Waals surface area (Å²) in [6.45, 7) is 8.16. The highest BCUT2D eigenvalue weighted by molar-refractivity contribution is 5.92. The minimum Gasteiger partial charge on any atom is -0.497 e. The molecule has 8 aromatic carbocycles. The van der Waals surface area contributed by atoms with Gasteiger partial charge in [0, 0.05) is 48.6 Å². The number of nitrogens with one attached hydrogen (secondary N) is 2. The van der Waals surface area contributed by atoms with E-state index in [1.165, 1.54) is 48.9 Å². The second-order valence-corrected chi connectivity index (χ2v) is 27.4. The predicted octanol–water partition coefficient (Wildman–Crippen LogP) is 18.4. The molecule has 2 aliphatic rings. The van der Waals surface area contributed by atoms with Gasteiger partial charge in [0.15, 0.2) is 0 Å². The normalized spacial score (nSPS) is 15.0. The van der Waals surface area contributed by atoms with Gasteiger partial charge in [0.25, 0.3) is 0 Å². The summed E-state index contributed by atoms with van der Waals surface area (Å²) in [6, 6.07) is 62.1. The number of benzene rings is 8. The summed E-state index contributed by atoms with van der Waals surface area (Å²) in [7, 11) is 3.35. The number of methoxy groups -OCH3 is 2. The second kappa shape index (κ2) is 35.4. The highest BCUT2D eigenvalue weighted by atomic mass is 16.6. The molecule has 0 radical (unpaired) electrons. The molecule has 8 aromatic rings. The molecular formula is C86H96N2O14. The Hall–Kier alpha value is -10.2. The third-order valence-electron chi connectivity index (χ3n) is 20.7. The van der Waals surface area contributed by atoms with Crippen LogP contribution >= 0.6 is 0 Å². The number of alkyl carbamates (subject to hydrolysis) is 2. The Morgan fingerprint density at radius 2 is 0.618 bits per heavy atom. The van der Waals surface area contributed by atoms with Crippen molar-refractivity contribution in [1.29, 1.82) is 0 Å². The molecule has 10 rings (SSSR count). The summed E-state index contributed by atoms with van der Waals surface area (Å²) in [6.07, 6.45) is 15.4. The second-order valence-electron chi connectivity index (χ2n) is 27.4. The van der Waals surface area contributed by atoms with E-state index < -0.39 is 46.9 Å². The Morgan fingerprint density at radius 3 is 0.902 bits per heavy atom. The van der Waals surface area contributed by atoms with E-state index in [4.69, 9.17) is 37.9 Å². The average Bonchev–Trinajstić information content (AvgIpc) is 0.733. The molecule has 2 aliphatic carbocycles. The number of carbonyl (C=O) groups is 6. The van der Waals surface area contributed by atoms with E-state index >= 15 is 0 Å². The van der Waals surface area contributed by atoms with Crippen molar-refractivity contribution in [2.75, 3.05) is 40.5 Å². The number of ether oxygens (including phenoxy) is 8. The smallest absolute Gasteiger partial charge is 0.407 e. The number of carbonyl (C=O) groups excluding carboxylic acids is 6. The Bertz CT molecular complexity index is 3790. The van der Waals surface area contributed by atoms with Gasteiger partial charge in [0.05, 0.1) is 38.6 Å². The Balaban J connectivity index is 0.641. The molecule has 0 spiro atoms. The fraction of sp³-hybridized carbons (Fsp3) is 0.372. The molecular weight excluding hydrogens is 1280 g/mol. The van der Waals surface area contributed by atoms with E-state index in [2.05, 4.69) is 73.0 Å². The van der Waals surface area contributed by atoms with Gasteiger partial charge in [-0.25, -0.2) is 19.2 Å². The first-order chi connectivity index (χ1) is 49.4. The van der Waals surface area contributed by atoms with Gasteiger partial charge in [-0.2, -0.15) is 0 Å². The number of hydrogen-bond donors (Lipinski definition) is 2. The zero-order chi connectivity index (χ0) is 72.0. The van der Waals surface area contributed by atoms with Crippen molar-refractivity contribution in [2.45, 2.75) is 165 Å². The van der Waals surface area contributed by atoms with Crippen molar-refractivity contribution in [3.05, 3.63) is 250 Å². The highest BCUT2D eigenvalue weighted by Crippen LogP contribution is 2.48. The molecule has 2 fully saturated rings. The monoisotopic (exact) mass is 1380 g/mol. The Morgan fingerprint density at radius 1 is 0.343 bits per heavy atom. The molecule has 0 aliphatic heterocycles. The van der Waals surface area contributed by atoms with Gasteiger partial charge >= 0.3 is 36.1 Å². The van der Waals surface area contributed by atoms with Crippen LogP contribution in [-0.2, 0) is 40.7 Å². The van der Waals surface area contributed by atoms with Crippen molar-refractivity contribution < 1.29 is 66.7 Å². The number of esters is 4. The summed E-state index contributed by atoms with van der Waals surface area (Å²) in [5, 5.41) is 5.72. The van der Waals surface area contributed by atoms with Crippen LogP contribution in [-0.4, -0.2) is 76.6 Å². The lowest BCUT2D eigenvalue weighted by atomic mass is 9.65. The SMILES string of the molecule is COc1ccc(C2(c3ccc(C(=O)Oc4ccc(C(C)(CCCOC(=O)NCCCCCCNC(=O)OCCCC(C)(c5ccc(OC(C)=O)cc5)c5ccc(OC(=O)c6ccc(C7(c8ccc(OC)cc8)CCCCC7)cc6)cc5)c5ccc(OC(C)=O)cc5)cc4)cc3)CCCCC2)cc1. The average molecular weight is 1380 g/mol. The van der Waals surface area contributed by atoms with Gasteiger partial charge in [-0.1, -0.05) is 162 Å². The van der Waals surface area contributed by atoms with Crippen molar-refractivity contribution >= 4 is 36.1 Å². The Kier molecular flexibility index (Phi) is 25.8. The fourth-order valence-corrected chi connectivity index (χ4v) is 14.9. The van der Waals surface area contributed by atoms with Crippen LogP contribution in [0.15, 0.2) is 194 Å². The Labute approximate surface area is 600 Å². The van der Waals surface area contributed by atoms with Crippen LogP contribution in [0.25, 0.3) is 0 Å². The van der Waals surface area contributed by atoms with Crippen LogP contribution in [0.2, 0.25) is 0 Å². The van der Waals surface area contributed by atoms with Gasteiger partial charge in [0.2, 0.25) is 0 Å². The quantitative estimate of drug-likeness (QED) is 0.0236. The zero-order valence-electron chi connectivity index (χ0n) is 59.7. The van der Waals surface area contributed by atoms with Gasteiger partial charge in [-0.3, -0.25) is 9.59 Å². The molecule has 102 heavy (non-hydrogen) atoms. The maximum atomic E-state index is 13.6. The van der Waals surface area contributed by atoms with Crippen LogP contribution in [0.1, 0.15) is 208 Å². The highest BCUT2D eigenvalue weighted by Gasteiger charge is 2.38. The molecule has 2 N–H and O–H groups in total. The summed E-state index contributed by atoms with van der Waals surface area (Å²) in [5.74, 6) is 1.59. The summed E-state index contributed by atoms with van der Waals surface area (Å²) in [5.41, 5.74) is 8.19. The molecule has 2 amide bonds. The van der Waals surface area contributed by atoms with Crippen LogP contribution in [0.4, 0.5) is 9.59 Å². The molecule has 534 valence electrons. The van der Waals surface area contributed by atoms with E-state index in [0.29, 0.717) is 72.9 Å². The first kappa shape index (κ1) is 74.5. The van der Waals surface area contributed by atoms with E-state index in [1.54, 1.807) is 62.8 Å². The maximum Gasteiger partial charge on any atom is 0.407 e. The molecule has 0 heterocycles. The molecule has 2 atom stereocenters. The lowest BCUT2D eigenvalue weighted by Crippen LogP contribution is -2.30. The first-order valence-corrected chi connectivity index (χ1v) is 36.0. The lowest BCUT2D eigenvalue weighted by Gasteiger charge is -2.38. The van der Waals surface area contributed by atoms with Crippen LogP contribution in [0.3, 0.4) is 0 Å². The van der Waals surface area contributed by atoms with Crippen LogP contribution in [0, 0.1) is 0 Å². The van der Waals surface area contributed by atoms with E-state index in [9.17, 15) is 28.8 Å². The third kappa shape index (κ3) is 19.0. The number of hydrogen-bond acceptors (Lipinski definition) is 14. The minimum atomic E-state index is -0.573. The predicted molar refractivity (Wildman–Crippen MR) is 393 cm³/mol. The van der Waals surface area contributed by atoms with Crippen LogP contribution in [0.5, 0.6) is 34.5 Å². The zero-order valence-corrected chi connectivity index (χ0v) is 59.7. The summed E-state index contributed by atoms with van der Waals surface area (Å²) < 4.78 is 44.7.